The number of carbonyl (C=O) groups is 4. The number of nitrogens with zero attached hydrogens (tertiary/aromatic N) is 3. The Morgan fingerprint density at radius 3 is 2.28 bits per heavy atom. The Balaban J connectivity index is 1.31. The van der Waals surface area contributed by atoms with E-state index in [1.807, 2.05) is 66.7 Å². The van der Waals surface area contributed by atoms with E-state index < -0.39 is 47.1 Å². The maximum Gasteiger partial charge on any atom is 0.408 e. The summed E-state index contributed by atoms with van der Waals surface area (Å²) in [5.41, 5.74) is 2.44. The number of rotatable bonds is 7. The van der Waals surface area contributed by atoms with Crippen LogP contribution in [0.15, 0.2) is 108 Å². The van der Waals surface area contributed by atoms with Gasteiger partial charge < -0.3 is 24.6 Å². The third-order valence-corrected chi connectivity index (χ3v) is 8.96. The largest absolute Gasteiger partial charge is 0.451 e. The molecule has 0 spiro atoms. The Bertz CT molecular complexity index is 1650. The number of ether oxygens (including phenoxy) is 2. The Kier molecular flexibility index (Phi) is 8.68. The van der Waals surface area contributed by atoms with Crippen LogP contribution >= 0.6 is 11.8 Å². The molecular weight excluding hydrogens is 604 g/mol. The lowest BCUT2D eigenvalue weighted by Crippen LogP contribution is -2.74. The smallest absolute Gasteiger partial charge is 0.408 e. The van der Waals surface area contributed by atoms with Crippen LogP contribution in [0.2, 0.25) is 0 Å². The maximum absolute atomic E-state index is 14.2. The third-order valence-electron chi connectivity index (χ3n) is 7.77. The molecule has 3 atom stereocenters. The number of anilines is 1. The van der Waals surface area contributed by atoms with Crippen molar-refractivity contribution in [3.63, 3.8) is 0 Å². The number of carbonyl (C=O) groups excluding carboxylic acids is 4. The minimum Gasteiger partial charge on any atom is -0.451 e. The molecule has 3 amide bonds. The monoisotopic (exact) mass is 638 g/mol. The molecule has 0 saturated carbocycles. The molecule has 1 aromatic heterocycles. The van der Waals surface area contributed by atoms with Crippen molar-refractivity contribution in [3.05, 3.63) is 119 Å². The SMILES string of the molecule is CC(C)(C)OC(=O)N[C@@H]1C(=O)N2[C@@H](C(=O)OC(c3ccccc3)c3ccccc3)C(C=C3CCN(c4cccnc4)C3=O)=CS[C@H]12. The van der Waals surface area contributed by atoms with E-state index in [-0.39, 0.29) is 5.91 Å². The number of amides is 3. The summed E-state index contributed by atoms with van der Waals surface area (Å²) >= 11 is 1.29. The van der Waals surface area contributed by atoms with Gasteiger partial charge in [-0.1, -0.05) is 60.7 Å². The zero-order valence-electron chi connectivity index (χ0n) is 25.7. The highest BCUT2D eigenvalue weighted by molar-refractivity contribution is 8.03. The number of hydrogen-bond acceptors (Lipinski definition) is 8. The maximum atomic E-state index is 14.2. The highest BCUT2D eigenvalue weighted by Crippen LogP contribution is 2.42. The summed E-state index contributed by atoms with van der Waals surface area (Å²) in [5, 5.41) is 3.86. The zero-order chi connectivity index (χ0) is 32.4. The fraction of sp³-hybridized carbons (Fsp3) is 0.286. The van der Waals surface area contributed by atoms with Gasteiger partial charge in [0.1, 0.15) is 17.0 Å². The van der Waals surface area contributed by atoms with E-state index in [2.05, 4.69) is 10.3 Å². The molecule has 236 valence electrons. The van der Waals surface area contributed by atoms with Gasteiger partial charge in [-0.3, -0.25) is 14.6 Å². The van der Waals surface area contributed by atoms with Crippen LogP contribution in [0.25, 0.3) is 0 Å². The number of thioether (sulfide) groups is 1. The van der Waals surface area contributed by atoms with Gasteiger partial charge in [-0.2, -0.15) is 0 Å². The first kappa shape index (κ1) is 31.1. The molecule has 0 aliphatic carbocycles. The lowest BCUT2D eigenvalue weighted by Gasteiger charge is -2.51. The summed E-state index contributed by atoms with van der Waals surface area (Å²) in [6.45, 7) is 5.67. The van der Waals surface area contributed by atoms with E-state index in [0.717, 1.165) is 11.1 Å². The van der Waals surface area contributed by atoms with Gasteiger partial charge in [0.25, 0.3) is 5.91 Å². The Hall–Kier alpha value is -4.90. The van der Waals surface area contributed by atoms with E-state index >= 15 is 0 Å². The molecule has 2 saturated heterocycles. The number of pyridine rings is 1. The summed E-state index contributed by atoms with van der Waals surface area (Å²) in [4.78, 5) is 61.1. The Morgan fingerprint density at radius 2 is 1.67 bits per heavy atom. The molecule has 11 heteroatoms. The second-order valence-corrected chi connectivity index (χ2v) is 13.1. The number of aromatic nitrogens is 1. The van der Waals surface area contributed by atoms with Gasteiger partial charge in [0, 0.05) is 18.3 Å². The Labute approximate surface area is 271 Å². The molecule has 3 aliphatic rings. The van der Waals surface area contributed by atoms with Gasteiger partial charge in [0.2, 0.25) is 5.91 Å². The number of esters is 1. The molecule has 2 aromatic carbocycles. The second kappa shape index (κ2) is 12.8. The zero-order valence-corrected chi connectivity index (χ0v) is 26.5. The van der Waals surface area contributed by atoms with Crippen LogP contribution in [-0.4, -0.2) is 63.4 Å². The van der Waals surface area contributed by atoms with Crippen LogP contribution in [0.5, 0.6) is 0 Å². The van der Waals surface area contributed by atoms with Crippen LogP contribution in [0.4, 0.5) is 10.5 Å². The average Bonchev–Trinajstić information content (AvgIpc) is 3.41. The number of hydrogen-bond donors (Lipinski definition) is 1. The fourth-order valence-electron chi connectivity index (χ4n) is 5.68. The van der Waals surface area contributed by atoms with Crippen LogP contribution in [0.1, 0.15) is 44.4 Å². The van der Waals surface area contributed by atoms with Gasteiger partial charge in [-0.15, -0.1) is 11.8 Å². The van der Waals surface area contributed by atoms with Crippen molar-refractivity contribution < 1.29 is 28.7 Å². The van der Waals surface area contributed by atoms with Crippen molar-refractivity contribution >= 4 is 41.3 Å². The minimum absolute atomic E-state index is 0.195. The normalized spacial score (nSPS) is 21.9. The molecule has 3 aromatic rings. The van der Waals surface area contributed by atoms with Crippen LogP contribution in [0, 0.1) is 0 Å². The summed E-state index contributed by atoms with van der Waals surface area (Å²) in [5.74, 6) is -1.29. The molecule has 46 heavy (non-hydrogen) atoms. The number of benzene rings is 2. The highest BCUT2D eigenvalue weighted by Gasteiger charge is 2.56. The molecule has 0 radical (unpaired) electrons. The first-order valence-electron chi connectivity index (χ1n) is 15.0. The molecule has 6 rings (SSSR count). The Morgan fingerprint density at radius 1 is 1.00 bits per heavy atom. The lowest BCUT2D eigenvalue weighted by molar-refractivity contribution is -0.164. The van der Waals surface area contributed by atoms with Crippen LogP contribution in [0.3, 0.4) is 0 Å². The van der Waals surface area contributed by atoms with Crippen molar-refractivity contribution in [3.8, 4) is 0 Å². The number of β-lactam (4-membered cyclic amide) rings is 1. The van der Waals surface area contributed by atoms with Crippen molar-refractivity contribution in [1.29, 1.82) is 0 Å². The van der Waals surface area contributed by atoms with Gasteiger partial charge in [-0.25, -0.2) is 9.59 Å². The van der Waals surface area contributed by atoms with Crippen LogP contribution in [-0.2, 0) is 23.9 Å². The predicted octanol–water partition coefficient (Wildman–Crippen LogP) is 5.14. The quantitative estimate of drug-likeness (QED) is 0.215. The van der Waals surface area contributed by atoms with E-state index in [1.54, 1.807) is 55.6 Å². The van der Waals surface area contributed by atoms with Crippen LogP contribution < -0.4 is 10.2 Å². The molecule has 10 nitrogen and oxygen atoms in total. The van der Waals surface area contributed by atoms with E-state index in [9.17, 15) is 19.2 Å². The second-order valence-electron chi connectivity index (χ2n) is 12.1. The van der Waals surface area contributed by atoms with E-state index in [1.165, 1.54) is 16.7 Å². The van der Waals surface area contributed by atoms with Gasteiger partial charge >= 0.3 is 12.1 Å². The molecule has 3 aliphatic heterocycles. The molecular formula is C35H34N4O6S. The van der Waals surface area contributed by atoms with Gasteiger partial charge in [-0.05, 0) is 67.5 Å². The molecule has 4 heterocycles. The summed E-state index contributed by atoms with van der Waals surface area (Å²) < 4.78 is 11.6. The fourth-order valence-corrected chi connectivity index (χ4v) is 6.87. The average molecular weight is 639 g/mol. The first-order chi connectivity index (χ1) is 22.1. The number of alkyl carbamates (subject to hydrolysis) is 1. The predicted molar refractivity (Wildman–Crippen MR) is 173 cm³/mol. The number of nitrogens with one attached hydrogen (secondary N) is 1. The summed E-state index contributed by atoms with van der Waals surface area (Å²) in [6.07, 6.45) is 3.96. The molecule has 0 bridgehead atoms. The summed E-state index contributed by atoms with van der Waals surface area (Å²) in [6, 6.07) is 20.3. The topological polar surface area (TPSA) is 118 Å². The molecule has 0 unspecified atom stereocenters. The van der Waals surface area contributed by atoms with Crippen molar-refractivity contribution in [1.82, 2.24) is 15.2 Å². The van der Waals surface area contributed by atoms with Crippen molar-refractivity contribution in [2.24, 2.45) is 0 Å². The number of fused-ring (bicyclic) bond motifs is 1. The minimum atomic E-state index is -1.14. The lowest BCUT2D eigenvalue weighted by atomic mass is 9.95. The molecule has 2 fully saturated rings. The van der Waals surface area contributed by atoms with Gasteiger partial charge in [0.15, 0.2) is 12.1 Å². The van der Waals surface area contributed by atoms with Crippen molar-refractivity contribution in [2.75, 3.05) is 11.4 Å². The highest BCUT2D eigenvalue weighted by atomic mass is 32.2. The van der Waals surface area contributed by atoms with Gasteiger partial charge in [0.05, 0.1) is 11.9 Å². The third kappa shape index (κ3) is 6.41. The first-order valence-corrected chi connectivity index (χ1v) is 15.9. The van der Waals surface area contributed by atoms with E-state index in [4.69, 9.17) is 9.47 Å². The molecule has 1 N–H and O–H groups in total. The standard InChI is InChI=1S/C35H34N4O6S/c1-35(2,3)45-34(43)37-27-31(41)39-28(33(42)44-29(22-11-6-4-7-12-22)23-13-8-5-9-14-23)25(21-46-32(27)39)19-24-16-18-38(30(24)40)26-15-10-17-36-20-26/h4-15,17,19-21,27-29,32H,16,18H2,1-3H3,(H,37,43)/t27-,28-,32-/m1/s1. The van der Waals surface area contributed by atoms with Crippen molar-refractivity contribution in [2.45, 2.75) is 56.4 Å². The summed E-state index contributed by atoms with van der Waals surface area (Å²) in [7, 11) is 0. The van der Waals surface area contributed by atoms with E-state index in [0.29, 0.717) is 29.8 Å².